The number of fused-ring (bicyclic) bond motifs is 3. The van der Waals surface area contributed by atoms with Gasteiger partial charge >= 0.3 is 5.97 Å². The first-order chi connectivity index (χ1) is 12.1. The Morgan fingerprint density at radius 1 is 1.20 bits per heavy atom. The molecule has 2 aliphatic rings. The molecule has 2 aromatic rings. The summed E-state index contributed by atoms with van der Waals surface area (Å²) in [5.74, 6) is -0.0960. The number of para-hydroxylation sites is 1. The summed E-state index contributed by atoms with van der Waals surface area (Å²) in [7, 11) is 0. The first-order valence-corrected chi connectivity index (χ1v) is 9.67. The van der Waals surface area contributed by atoms with Crippen molar-refractivity contribution in [3.63, 3.8) is 0 Å². The van der Waals surface area contributed by atoms with Crippen LogP contribution in [0, 0.1) is 5.92 Å². The lowest BCUT2D eigenvalue weighted by Crippen LogP contribution is -2.41. The highest BCUT2D eigenvalue weighted by molar-refractivity contribution is 7.80. The molecular weight excluding hydrogens is 332 g/mol. The molecule has 0 unspecified atom stereocenters. The smallest absolute Gasteiger partial charge is 0.323 e. The van der Waals surface area contributed by atoms with Gasteiger partial charge in [-0.1, -0.05) is 49.7 Å². The molecule has 1 aliphatic heterocycles. The number of hydrogen-bond donors (Lipinski definition) is 1. The predicted octanol–water partition coefficient (Wildman–Crippen LogP) is 3.84. The van der Waals surface area contributed by atoms with Gasteiger partial charge in [-0.25, -0.2) is 0 Å². The van der Waals surface area contributed by atoms with Gasteiger partial charge < -0.3 is 14.6 Å². The summed E-state index contributed by atoms with van der Waals surface area (Å²) in [6, 6.07) is 8.08. The van der Waals surface area contributed by atoms with Crippen LogP contribution in [-0.2, 0) is 17.8 Å². The average molecular weight is 356 g/mol. The molecule has 25 heavy (non-hydrogen) atoms. The molecule has 1 N–H and O–H groups in total. The summed E-state index contributed by atoms with van der Waals surface area (Å²) in [5.41, 5.74) is 3.17. The van der Waals surface area contributed by atoms with E-state index < -0.39 is 5.97 Å². The van der Waals surface area contributed by atoms with E-state index in [9.17, 15) is 9.90 Å². The van der Waals surface area contributed by atoms with Crippen LogP contribution in [0.3, 0.4) is 0 Å². The Labute approximate surface area is 153 Å². The molecule has 4 rings (SSSR count). The van der Waals surface area contributed by atoms with Crippen molar-refractivity contribution in [3.8, 4) is 0 Å². The second-order valence-corrected chi connectivity index (χ2v) is 7.72. The quantitative estimate of drug-likeness (QED) is 0.846. The van der Waals surface area contributed by atoms with Crippen LogP contribution in [-0.4, -0.2) is 38.6 Å². The standard InChI is InChI=1S/C20H24N2O2S/c23-18(24)13-22-17-9-5-4-8-15(17)16-10-11-21(20(25)19(16)22)12-14-6-2-1-3-7-14/h4-5,8-9,14H,1-3,6-7,10-13H2,(H,23,24). The third-order valence-corrected chi connectivity index (χ3v) is 6.15. The fourth-order valence-electron chi connectivity index (χ4n) is 4.53. The van der Waals surface area contributed by atoms with Gasteiger partial charge in [0, 0.05) is 24.0 Å². The molecule has 1 fully saturated rings. The number of carboxylic acids is 1. The fourth-order valence-corrected chi connectivity index (χ4v) is 4.93. The molecule has 1 aliphatic carbocycles. The van der Waals surface area contributed by atoms with Gasteiger partial charge in [0.2, 0.25) is 0 Å². The minimum Gasteiger partial charge on any atom is -0.480 e. The summed E-state index contributed by atoms with van der Waals surface area (Å²) >= 11 is 5.84. The normalized spacial score (nSPS) is 18.6. The van der Waals surface area contributed by atoms with Crippen molar-refractivity contribution in [3.05, 3.63) is 35.5 Å². The zero-order valence-electron chi connectivity index (χ0n) is 14.4. The van der Waals surface area contributed by atoms with E-state index in [1.807, 2.05) is 22.8 Å². The van der Waals surface area contributed by atoms with Crippen LogP contribution >= 0.6 is 12.2 Å². The SMILES string of the molecule is O=C(O)Cn1c2c(c3ccccc31)CCN(CC1CCCCC1)C2=S. The Kier molecular flexibility index (Phi) is 4.50. The van der Waals surface area contributed by atoms with Crippen LogP contribution in [0.1, 0.15) is 43.4 Å². The maximum atomic E-state index is 11.4. The number of hydrogen-bond acceptors (Lipinski definition) is 2. The highest BCUT2D eigenvalue weighted by atomic mass is 32.1. The van der Waals surface area contributed by atoms with Gasteiger partial charge in [-0.2, -0.15) is 0 Å². The molecular formula is C20H24N2O2S. The van der Waals surface area contributed by atoms with Crippen molar-refractivity contribution in [1.82, 2.24) is 9.47 Å². The summed E-state index contributed by atoms with van der Waals surface area (Å²) in [6.45, 7) is 1.93. The predicted molar refractivity (Wildman–Crippen MR) is 103 cm³/mol. The van der Waals surface area contributed by atoms with Crippen LogP contribution in [0.25, 0.3) is 10.9 Å². The molecule has 1 aromatic carbocycles. The monoisotopic (exact) mass is 356 g/mol. The number of aromatic nitrogens is 1. The molecule has 2 heterocycles. The van der Waals surface area contributed by atoms with E-state index >= 15 is 0 Å². The molecule has 0 atom stereocenters. The van der Waals surface area contributed by atoms with Crippen LogP contribution in [0.15, 0.2) is 24.3 Å². The molecule has 0 spiro atoms. The van der Waals surface area contributed by atoms with Gasteiger partial charge in [0.15, 0.2) is 0 Å². The van der Waals surface area contributed by atoms with Crippen molar-refractivity contribution in [1.29, 1.82) is 0 Å². The maximum absolute atomic E-state index is 11.4. The van der Waals surface area contributed by atoms with Crippen molar-refractivity contribution < 1.29 is 9.90 Å². The number of benzene rings is 1. The summed E-state index contributed by atoms with van der Waals surface area (Å²) in [4.78, 5) is 14.6. The molecule has 0 radical (unpaired) electrons. The van der Waals surface area contributed by atoms with Gasteiger partial charge in [0.05, 0.1) is 5.69 Å². The van der Waals surface area contributed by atoms with Crippen LogP contribution in [0.2, 0.25) is 0 Å². The van der Waals surface area contributed by atoms with E-state index in [2.05, 4.69) is 11.0 Å². The Balaban J connectivity index is 1.70. The van der Waals surface area contributed by atoms with E-state index in [0.29, 0.717) is 0 Å². The summed E-state index contributed by atoms with van der Waals surface area (Å²) in [5, 5.41) is 10.5. The third kappa shape index (κ3) is 3.06. The largest absolute Gasteiger partial charge is 0.480 e. The fraction of sp³-hybridized carbons (Fsp3) is 0.500. The van der Waals surface area contributed by atoms with Crippen molar-refractivity contribution in [2.24, 2.45) is 5.92 Å². The van der Waals surface area contributed by atoms with Gasteiger partial charge in [-0.3, -0.25) is 4.79 Å². The van der Waals surface area contributed by atoms with E-state index in [1.54, 1.807) is 0 Å². The Morgan fingerprint density at radius 3 is 2.72 bits per heavy atom. The summed E-state index contributed by atoms with van der Waals surface area (Å²) < 4.78 is 1.91. The summed E-state index contributed by atoms with van der Waals surface area (Å²) in [6.07, 6.45) is 7.55. The second kappa shape index (κ2) is 6.79. The Bertz CT molecular complexity index is 820. The molecule has 0 amide bonds. The molecule has 132 valence electrons. The number of carbonyl (C=O) groups is 1. The minimum atomic E-state index is -0.823. The van der Waals surface area contributed by atoms with Crippen LogP contribution < -0.4 is 0 Å². The highest BCUT2D eigenvalue weighted by Gasteiger charge is 2.30. The highest BCUT2D eigenvalue weighted by Crippen LogP contribution is 2.33. The van der Waals surface area contributed by atoms with Crippen molar-refractivity contribution in [2.45, 2.75) is 45.1 Å². The van der Waals surface area contributed by atoms with Gasteiger partial charge in [-0.05, 0) is 36.8 Å². The Morgan fingerprint density at radius 2 is 1.96 bits per heavy atom. The zero-order chi connectivity index (χ0) is 17.4. The molecule has 5 heteroatoms. The van der Waals surface area contributed by atoms with Crippen molar-refractivity contribution >= 4 is 34.1 Å². The number of nitrogens with zero attached hydrogens (tertiary/aromatic N) is 2. The van der Waals surface area contributed by atoms with Gasteiger partial charge in [-0.15, -0.1) is 0 Å². The van der Waals surface area contributed by atoms with Crippen LogP contribution in [0.4, 0.5) is 0 Å². The third-order valence-electron chi connectivity index (χ3n) is 5.69. The first kappa shape index (κ1) is 16.6. The number of rotatable bonds is 4. The average Bonchev–Trinajstić information content (AvgIpc) is 2.93. The van der Waals surface area contributed by atoms with E-state index in [-0.39, 0.29) is 6.54 Å². The topological polar surface area (TPSA) is 45.5 Å². The van der Waals surface area contributed by atoms with Gasteiger partial charge in [0.25, 0.3) is 0 Å². The number of carboxylic acid groups (broad SMARTS) is 1. The lowest BCUT2D eigenvalue weighted by atomic mass is 9.88. The second-order valence-electron chi connectivity index (χ2n) is 7.33. The molecule has 0 bridgehead atoms. The maximum Gasteiger partial charge on any atom is 0.323 e. The van der Waals surface area contributed by atoms with Crippen LogP contribution in [0.5, 0.6) is 0 Å². The molecule has 0 saturated heterocycles. The lowest BCUT2D eigenvalue weighted by Gasteiger charge is -2.35. The first-order valence-electron chi connectivity index (χ1n) is 9.26. The van der Waals surface area contributed by atoms with E-state index in [0.717, 1.165) is 47.0 Å². The lowest BCUT2D eigenvalue weighted by molar-refractivity contribution is -0.137. The molecule has 1 aromatic heterocycles. The van der Waals surface area contributed by atoms with Crippen molar-refractivity contribution in [2.75, 3.05) is 13.1 Å². The minimum absolute atomic E-state index is 0.0345. The van der Waals surface area contributed by atoms with E-state index in [4.69, 9.17) is 12.2 Å². The molecule has 1 saturated carbocycles. The van der Waals surface area contributed by atoms with E-state index in [1.165, 1.54) is 37.7 Å². The Hall–Kier alpha value is -1.88. The van der Waals surface area contributed by atoms with Gasteiger partial charge in [0.1, 0.15) is 11.5 Å². The number of aliphatic carboxylic acids is 1. The zero-order valence-corrected chi connectivity index (χ0v) is 15.2. The molecule has 4 nitrogen and oxygen atoms in total. The number of thiocarbonyl (C=S) groups is 1.